The summed E-state index contributed by atoms with van der Waals surface area (Å²) in [5, 5.41) is 3.84. The molecule has 110 valence electrons. The largest absolute Gasteiger partial charge is 0.308 e. The summed E-state index contributed by atoms with van der Waals surface area (Å²) in [5.74, 6) is 0.904. The van der Waals surface area contributed by atoms with Gasteiger partial charge in [-0.15, -0.1) is 0 Å². The summed E-state index contributed by atoms with van der Waals surface area (Å²) in [4.78, 5) is 2.71. The van der Waals surface area contributed by atoms with Crippen LogP contribution in [-0.4, -0.2) is 29.6 Å². The van der Waals surface area contributed by atoms with E-state index in [4.69, 9.17) is 0 Å². The first-order valence-electron chi connectivity index (χ1n) is 8.15. The van der Waals surface area contributed by atoms with Crippen molar-refractivity contribution >= 4 is 0 Å². The summed E-state index contributed by atoms with van der Waals surface area (Å²) < 4.78 is 0. The zero-order valence-corrected chi connectivity index (χ0v) is 13.2. The Morgan fingerprint density at radius 2 is 1.95 bits per heavy atom. The van der Waals surface area contributed by atoms with Gasteiger partial charge in [-0.1, -0.05) is 36.8 Å². The van der Waals surface area contributed by atoms with E-state index < -0.39 is 0 Å². The number of rotatable bonds is 4. The molecule has 0 bridgehead atoms. The number of hydrogen-bond acceptors (Lipinski definition) is 2. The fourth-order valence-corrected chi connectivity index (χ4v) is 3.60. The lowest BCUT2D eigenvalue weighted by atomic mass is 9.90. The molecule has 1 saturated heterocycles. The predicted molar refractivity (Wildman–Crippen MR) is 84.8 cm³/mol. The molecule has 3 rings (SSSR count). The van der Waals surface area contributed by atoms with Gasteiger partial charge in [-0.05, 0) is 44.6 Å². The Morgan fingerprint density at radius 3 is 2.55 bits per heavy atom. The molecule has 2 fully saturated rings. The van der Waals surface area contributed by atoms with Crippen LogP contribution in [0.1, 0.15) is 44.2 Å². The van der Waals surface area contributed by atoms with E-state index in [2.05, 4.69) is 55.3 Å². The highest BCUT2D eigenvalue weighted by Gasteiger charge is 2.45. The first-order valence-corrected chi connectivity index (χ1v) is 8.15. The van der Waals surface area contributed by atoms with Crippen LogP contribution in [0.2, 0.25) is 0 Å². The molecule has 2 heteroatoms. The van der Waals surface area contributed by atoms with Crippen LogP contribution in [0.3, 0.4) is 0 Å². The standard InChI is InChI=1S/C18H28N2/c1-4-17-11-19-18(3,16-9-10-16)13-20(17)12-15-7-5-14(2)6-8-15/h5-8,16-17,19H,4,9-13H2,1-3H3. The number of aryl methyl sites for hydroxylation is 1. The first kappa shape index (κ1) is 14.1. The van der Waals surface area contributed by atoms with E-state index in [-0.39, 0.29) is 0 Å². The molecule has 2 aliphatic rings. The average Bonchev–Trinajstić information content (AvgIpc) is 3.27. The summed E-state index contributed by atoms with van der Waals surface area (Å²) in [5.41, 5.74) is 3.15. The second kappa shape index (κ2) is 5.50. The number of piperazine rings is 1. The lowest BCUT2D eigenvalue weighted by Crippen LogP contribution is -2.63. The monoisotopic (exact) mass is 272 g/mol. The minimum atomic E-state index is 0.344. The van der Waals surface area contributed by atoms with Crippen LogP contribution >= 0.6 is 0 Å². The Hall–Kier alpha value is -0.860. The molecule has 1 aliphatic heterocycles. The van der Waals surface area contributed by atoms with Crippen LogP contribution in [0, 0.1) is 12.8 Å². The molecule has 0 amide bonds. The van der Waals surface area contributed by atoms with Gasteiger partial charge < -0.3 is 5.32 Å². The minimum Gasteiger partial charge on any atom is -0.308 e. The number of hydrogen-bond donors (Lipinski definition) is 1. The summed E-state index contributed by atoms with van der Waals surface area (Å²) in [6, 6.07) is 9.73. The van der Waals surface area contributed by atoms with Crippen molar-refractivity contribution in [3.63, 3.8) is 0 Å². The van der Waals surface area contributed by atoms with E-state index in [1.54, 1.807) is 0 Å². The number of nitrogens with one attached hydrogen (secondary N) is 1. The SMILES string of the molecule is CCC1CNC(C)(C2CC2)CN1Cc1ccc(C)cc1. The molecule has 1 N–H and O–H groups in total. The second-order valence-electron chi connectivity index (χ2n) is 7.03. The van der Waals surface area contributed by atoms with E-state index in [0.717, 1.165) is 19.0 Å². The van der Waals surface area contributed by atoms with Crippen molar-refractivity contribution in [1.82, 2.24) is 10.2 Å². The molecule has 1 aliphatic carbocycles. The molecular formula is C18H28N2. The third-order valence-electron chi connectivity index (χ3n) is 5.25. The van der Waals surface area contributed by atoms with Crippen molar-refractivity contribution in [2.45, 2.75) is 58.2 Å². The quantitative estimate of drug-likeness (QED) is 0.904. The summed E-state index contributed by atoms with van der Waals surface area (Å²) in [6.07, 6.45) is 4.07. The van der Waals surface area contributed by atoms with Crippen molar-refractivity contribution in [2.75, 3.05) is 13.1 Å². The fraction of sp³-hybridized carbons (Fsp3) is 0.667. The van der Waals surface area contributed by atoms with Crippen LogP contribution < -0.4 is 5.32 Å². The molecule has 1 heterocycles. The van der Waals surface area contributed by atoms with Crippen LogP contribution in [0.4, 0.5) is 0 Å². The predicted octanol–water partition coefficient (Wildman–Crippen LogP) is 3.35. The second-order valence-corrected chi connectivity index (χ2v) is 7.03. The van der Waals surface area contributed by atoms with Gasteiger partial charge in [-0.3, -0.25) is 4.90 Å². The first-order chi connectivity index (χ1) is 9.60. The molecule has 2 atom stereocenters. The van der Waals surface area contributed by atoms with Gasteiger partial charge in [0.05, 0.1) is 0 Å². The molecule has 1 aromatic carbocycles. The van der Waals surface area contributed by atoms with Crippen molar-refractivity contribution < 1.29 is 0 Å². The molecule has 20 heavy (non-hydrogen) atoms. The van der Waals surface area contributed by atoms with E-state index in [9.17, 15) is 0 Å². The van der Waals surface area contributed by atoms with Gasteiger partial charge >= 0.3 is 0 Å². The molecule has 0 radical (unpaired) electrons. The van der Waals surface area contributed by atoms with E-state index in [0.29, 0.717) is 11.6 Å². The number of nitrogens with zero attached hydrogens (tertiary/aromatic N) is 1. The van der Waals surface area contributed by atoms with Crippen molar-refractivity contribution in [3.8, 4) is 0 Å². The number of benzene rings is 1. The fourth-order valence-electron chi connectivity index (χ4n) is 3.60. The highest BCUT2D eigenvalue weighted by molar-refractivity contribution is 5.21. The van der Waals surface area contributed by atoms with E-state index in [1.807, 2.05) is 0 Å². The summed E-state index contributed by atoms with van der Waals surface area (Å²) in [6.45, 7) is 10.3. The zero-order chi connectivity index (χ0) is 14.2. The van der Waals surface area contributed by atoms with Gasteiger partial charge in [-0.25, -0.2) is 0 Å². The Labute approximate surface area is 123 Å². The normalized spacial score (nSPS) is 31.4. The van der Waals surface area contributed by atoms with Gasteiger partial charge in [0.1, 0.15) is 0 Å². The van der Waals surface area contributed by atoms with Gasteiger partial charge in [0, 0.05) is 31.2 Å². The van der Waals surface area contributed by atoms with E-state index in [1.165, 1.54) is 36.9 Å². The Balaban J connectivity index is 1.72. The average molecular weight is 272 g/mol. The van der Waals surface area contributed by atoms with Gasteiger partial charge in [0.2, 0.25) is 0 Å². The molecule has 0 spiro atoms. The highest BCUT2D eigenvalue weighted by atomic mass is 15.3. The van der Waals surface area contributed by atoms with Crippen LogP contribution in [-0.2, 0) is 6.54 Å². The summed E-state index contributed by atoms with van der Waals surface area (Å²) >= 11 is 0. The summed E-state index contributed by atoms with van der Waals surface area (Å²) in [7, 11) is 0. The smallest absolute Gasteiger partial charge is 0.0309 e. The van der Waals surface area contributed by atoms with Gasteiger partial charge in [0.15, 0.2) is 0 Å². The topological polar surface area (TPSA) is 15.3 Å². The van der Waals surface area contributed by atoms with Crippen LogP contribution in [0.25, 0.3) is 0 Å². The lowest BCUT2D eigenvalue weighted by molar-refractivity contribution is 0.0666. The zero-order valence-electron chi connectivity index (χ0n) is 13.2. The molecule has 1 aromatic rings. The van der Waals surface area contributed by atoms with Gasteiger partial charge in [0.25, 0.3) is 0 Å². The van der Waals surface area contributed by atoms with E-state index >= 15 is 0 Å². The van der Waals surface area contributed by atoms with Crippen LogP contribution in [0.5, 0.6) is 0 Å². The third-order valence-corrected chi connectivity index (χ3v) is 5.25. The highest BCUT2D eigenvalue weighted by Crippen LogP contribution is 2.41. The Morgan fingerprint density at radius 1 is 1.25 bits per heavy atom. The molecule has 2 unspecified atom stereocenters. The van der Waals surface area contributed by atoms with Crippen molar-refractivity contribution in [2.24, 2.45) is 5.92 Å². The van der Waals surface area contributed by atoms with Crippen molar-refractivity contribution in [1.29, 1.82) is 0 Å². The maximum atomic E-state index is 3.84. The lowest BCUT2D eigenvalue weighted by Gasteiger charge is -2.46. The minimum absolute atomic E-state index is 0.344. The van der Waals surface area contributed by atoms with Crippen molar-refractivity contribution in [3.05, 3.63) is 35.4 Å². The Bertz CT molecular complexity index is 449. The maximum Gasteiger partial charge on any atom is 0.0309 e. The molecule has 2 nitrogen and oxygen atoms in total. The molecular weight excluding hydrogens is 244 g/mol. The van der Waals surface area contributed by atoms with Crippen LogP contribution in [0.15, 0.2) is 24.3 Å². The van der Waals surface area contributed by atoms with Gasteiger partial charge in [-0.2, -0.15) is 0 Å². The molecule has 0 aromatic heterocycles. The Kier molecular flexibility index (Phi) is 3.87. The third kappa shape index (κ3) is 2.91. The molecule has 1 saturated carbocycles. The maximum absolute atomic E-state index is 3.84.